The van der Waals surface area contributed by atoms with Gasteiger partial charge in [-0.15, -0.1) is 0 Å². The highest BCUT2D eigenvalue weighted by atomic mass is 19.4. The molecule has 24 heavy (non-hydrogen) atoms. The number of amides is 2. The first-order valence-corrected chi connectivity index (χ1v) is 7.63. The molecule has 2 amide bonds. The Labute approximate surface area is 135 Å². The Morgan fingerprint density at radius 2 is 1.71 bits per heavy atom. The first-order valence-electron chi connectivity index (χ1n) is 7.63. The summed E-state index contributed by atoms with van der Waals surface area (Å²) in [6.45, 7) is 0. The molecule has 0 aromatic heterocycles. The van der Waals surface area contributed by atoms with Gasteiger partial charge in [-0.25, -0.2) is 0 Å². The van der Waals surface area contributed by atoms with Crippen molar-refractivity contribution in [2.24, 2.45) is 28.8 Å². The van der Waals surface area contributed by atoms with Crippen molar-refractivity contribution < 1.29 is 22.8 Å². The summed E-state index contributed by atoms with van der Waals surface area (Å²) in [6.07, 6.45) is 1.43. The van der Waals surface area contributed by atoms with Crippen LogP contribution in [0.3, 0.4) is 0 Å². The van der Waals surface area contributed by atoms with E-state index in [0.29, 0.717) is 0 Å². The minimum Gasteiger partial charge on any atom is -0.272 e. The van der Waals surface area contributed by atoms with Crippen molar-refractivity contribution in [3.8, 4) is 0 Å². The molecule has 4 rings (SSSR count). The van der Waals surface area contributed by atoms with Crippen LogP contribution < -0.4 is 0 Å². The van der Waals surface area contributed by atoms with E-state index in [9.17, 15) is 22.8 Å². The van der Waals surface area contributed by atoms with E-state index in [1.54, 1.807) is 0 Å². The molecule has 4 unspecified atom stereocenters. The minimum absolute atomic E-state index is 0.0743. The molecule has 1 aliphatic heterocycles. The lowest BCUT2D eigenvalue weighted by molar-refractivity contribution is -0.141. The highest BCUT2D eigenvalue weighted by molar-refractivity contribution is 6.06. The monoisotopic (exact) mass is 334 g/mol. The number of hydrogen-bond acceptors (Lipinski definition) is 3. The van der Waals surface area contributed by atoms with Crippen LogP contribution >= 0.6 is 0 Å². The third-order valence-corrected chi connectivity index (χ3v) is 4.98. The third-order valence-electron chi connectivity index (χ3n) is 4.98. The molecule has 0 radical (unpaired) electrons. The summed E-state index contributed by atoms with van der Waals surface area (Å²) in [5, 5.41) is 4.69. The summed E-state index contributed by atoms with van der Waals surface area (Å²) >= 11 is 0. The molecule has 1 aromatic rings. The van der Waals surface area contributed by atoms with Gasteiger partial charge in [-0.2, -0.15) is 23.3 Å². The molecule has 2 aliphatic carbocycles. The molecular formula is C17H13F3N2O2. The number of carbonyl (C=O) groups is 2. The predicted octanol–water partition coefficient (Wildman–Crippen LogP) is 2.85. The van der Waals surface area contributed by atoms with Gasteiger partial charge in [-0.05, 0) is 36.0 Å². The summed E-state index contributed by atoms with van der Waals surface area (Å²) in [5.41, 5.74) is -0.617. The van der Waals surface area contributed by atoms with E-state index in [-0.39, 0.29) is 41.0 Å². The van der Waals surface area contributed by atoms with Gasteiger partial charge >= 0.3 is 6.18 Å². The quantitative estimate of drug-likeness (QED) is 0.474. The molecule has 1 aromatic carbocycles. The molecule has 1 heterocycles. The van der Waals surface area contributed by atoms with Crippen LogP contribution in [0, 0.1) is 23.7 Å². The van der Waals surface area contributed by atoms with Crippen LogP contribution in [0.1, 0.15) is 17.5 Å². The van der Waals surface area contributed by atoms with E-state index in [1.165, 1.54) is 12.1 Å². The second-order valence-corrected chi connectivity index (χ2v) is 6.36. The van der Waals surface area contributed by atoms with Gasteiger partial charge in [0.2, 0.25) is 0 Å². The molecule has 1 saturated carbocycles. The van der Waals surface area contributed by atoms with Crippen molar-refractivity contribution in [2.45, 2.75) is 12.6 Å². The zero-order chi connectivity index (χ0) is 17.1. The average Bonchev–Trinajstić information content (AvgIpc) is 3.20. The zero-order valence-electron chi connectivity index (χ0n) is 12.4. The Bertz CT molecular complexity index is 754. The number of carbonyl (C=O) groups excluding carboxylic acids is 2. The van der Waals surface area contributed by atoms with E-state index < -0.39 is 11.7 Å². The molecule has 2 fully saturated rings. The fourth-order valence-electron chi connectivity index (χ4n) is 3.92. The van der Waals surface area contributed by atoms with Crippen LogP contribution in [0.5, 0.6) is 0 Å². The van der Waals surface area contributed by atoms with Crippen LogP contribution in [0.4, 0.5) is 13.2 Å². The molecule has 2 bridgehead atoms. The van der Waals surface area contributed by atoms with Crippen molar-refractivity contribution in [1.82, 2.24) is 5.01 Å². The Morgan fingerprint density at radius 3 is 2.29 bits per heavy atom. The van der Waals surface area contributed by atoms with E-state index in [0.717, 1.165) is 29.8 Å². The summed E-state index contributed by atoms with van der Waals surface area (Å²) in [7, 11) is 0. The zero-order valence-corrected chi connectivity index (χ0v) is 12.4. The highest BCUT2D eigenvalue weighted by Crippen LogP contribution is 2.52. The molecule has 124 valence electrons. The van der Waals surface area contributed by atoms with Crippen LogP contribution in [0.15, 0.2) is 41.5 Å². The Hall–Kier alpha value is -2.44. The van der Waals surface area contributed by atoms with Gasteiger partial charge in [0.1, 0.15) is 0 Å². The number of hydrogen-bond donors (Lipinski definition) is 0. The average molecular weight is 334 g/mol. The second-order valence-electron chi connectivity index (χ2n) is 6.36. The van der Waals surface area contributed by atoms with Gasteiger partial charge in [0, 0.05) is 0 Å². The maximum absolute atomic E-state index is 12.7. The fourth-order valence-corrected chi connectivity index (χ4v) is 3.92. The van der Waals surface area contributed by atoms with Crippen LogP contribution in [-0.2, 0) is 15.8 Å². The smallest absolute Gasteiger partial charge is 0.272 e. The van der Waals surface area contributed by atoms with E-state index in [2.05, 4.69) is 5.10 Å². The molecule has 4 nitrogen and oxygen atoms in total. The number of benzene rings is 1. The number of hydrazone groups is 1. The number of nitrogens with zero attached hydrogens (tertiary/aromatic N) is 2. The molecular weight excluding hydrogens is 321 g/mol. The first kappa shape index (κ1) is 15.1. The lowest BCUT2D eigenvalue weighted by atomic mass is 9.85. The van der Waals surface area contributed by atoms with Gasteiger partial charge in [0.25, 0.3) is 11.8 Å². The van der Waals surface area contributed by atoms with Crippen molar-refractivity contribution in [3.05, 3.63) is 47.5 Å². The van der Waals surface area contributed by atoms with Gasteiger partial charge in [-0.1, -0.05) is 24.3 Å². The number of imide groups is 1. The predicted molar refractivity (Wildman–Crippen MR) is 78.6 cm³/mol. The van der Waals surface area contributed by atoms with Crippen molar-refractivity contribution >= 4 is 18.0 Å². The van der Waals surface area contributed by atoms with Gasteiger partial charge in [0.15, 0.2) is 0 Å². The maximum Gasteiger partial charge on any atom is 0.416 e. The van der Waals surface area contributed by atoms with Crippen LogP contribution in [0.2, 0.25) is 0 Å². The summed E-state index contributed by atoms with van der Waals surface area (Å²) < 4.78 is 38.1. The normalized spacial score (nSPS) is 31.5. The summed E-state index contributed by atoms with van der Waals surface area (Å²) in [4.78, 5) is 24.8. The lowest BCUT2D eigenvalue weighted by Crippen LogP contribution is -2.28. The SMILES string of the molecule is O=C1C2C3C=CC(C3)C2C(=O)N1N=Cc1cccc(C(F)(F)F)c1. The van der Waals surface area contributed by atoms with E-state index in [1.807, 2.05) is 12.2 Å². The molecule has 4 atom stereocenters. The molecule has 0 N–H and O–H groups in total. The van der Waals surface area contributed by atoms with Crippen molar-refractivity contribution in [2.75, 3.05) is 0 Å². The highest BCUT2D eigenvalue weighted by Gasteiger charge is 2.59. The maximum atomic E-state index is 12.7. The number of rotatable bonds is 2. The molecule has 0 spiro atoms. The minimum atomic E-state index is -4.45. The molecule has 7 heteroatoms. The number of allylic oxidation sites excluding steroid dienone is 2. The van der Waals surface area contributed by atoms with Gasteiger partial charge in [-0.3, -0.25) is 9.59 Å². The van der Waals surface area contributed by atoms with Gasteiger partial charge < -0.3 is 0 Å². The lowest BCUT2D eigenvalue weighted by Gasteiger charge is -2.13. The fraction of sp³-hybridized carbons (Fsp3) is 0.353. The van der Waals surface area contributed by atoms with Crippen LogP contribution in [0.25, 0.3) is 0 Å². The largest absolute Gasteiger partial charge is 0.416 e. The Morgan fingerprint density at radius 1 is 1.08 bits per heavy atom. The Balaban J connectivity index is 1.57. The first-order chi connectivity index (χ1) is 11.4. The van der Waals surface area contributed by atoms with Crippen molar-refractivity contribution in [1.29, 1.82) is 0 Å². The standard InChI is InChI=1S/C17H13F3N2O2/c18-17(19,20)12-3-1-2-9(6-12)8-21-22-15(23)13-10-4-5-11(7-10)14(13)16(22)24/h1-6,8,10-11,13-14H,7H2. The molecule has 1 saturated heterocycles. The third kappa shape index (κ3) is 2.18. The van der Waals surface area contributed by atoms with Crippen molar-refractivity contribution in [3.63, 3.8) is 0 Å². The second kappa shape index (κ2) is 5.03. The number of fused-ring (bicyclic) bond motifs is 5. The number of alkyl halides is 3. The molecule has 3 aliphatic rings. The van der Waals surface area contributed by atoms with Gasteiger partial charge in [0.05, 0.1) is 23.6 Å². The summed E-state index contributed by atoms with van der Waals surface area (Å²) in [6, 6.07) is 4.59. The van der Waals surface area contributed by atoms with E-state index >= 15 is 0 Å². The summed E-state index contributed by atoms with van der Waals surface area (Å²) in [5.74, 6) is -1.30. The Kier molecular flexibility index (Phi) is 3.16. The number of halogens is 3. The van der Waals surface area contributed by atoms with E-state index in [4.69, 9.17) is 0 Å². The van der Waals surface area contributed by atoms with Crippen LogP contribution in [-0.4, -0.2) is 23.0 Å². The topological polar surface area (TPSA) is 49.7 Å².